The van der Waals surface area contributed by atoms with Gasteiger partial charge >= 0.3 is 0 Å². The lowest BCUT2D eigenvalue weighted by atomic mass is 10.1. The molecule has 0 aromatic heterocycles. The van der Waals surface area contributed by atoms with Crippen LogP contribution in [0.25, 0.3) is 0 Å². The standard InChI is InChI=1S/C24H29N3O5/c1-16-15-26(24(30)18-8-6-5-7-9-18)12-13-27(16)23(29)17(2)32-20-11-10-19(22(28)25-3)14-21(20)31-4/h5-11,14,16-17H,12-13,15H2,1-4H3,(H,25,28)/t16-,17-/m1/s1. The second-order valence-corrected chi connectivity index (χ2v) is 7.70. The molecule has 1 N–H and O–H groups in total. The largest absolute Gasteiger partial charge is 0.493 e. The zero-order valence-electron chi connectivity index (χ0n) is 18.8. The average Bonchev–Trinajstić information content (AvgIpc) is 2.83. The number of piperazine rings is 1. The van der Waals surface area contributed by atoms with Crippen molar-refractivity contribution in [3.8, 4) is 11.5 Å². The van der Waals surface area contributed by atoms with E-state index in [4.69, 9.17) is 9.47 Å². The Kier molecular flexibility index (Phi) is 7.35. The van der Waals surface area contributed by atoms with Crippen molar-refractivity contribution >= 4 is 17.7 Å². The van der Waals surface area contributed by atoms with Gasteiger partial charge in [0.25, 0.3) is 17.7 Å². The third-order valence-electron chi connectivity index (χ3n) is 5.52. The molecule has 2 aromatic rings. The smallest absolute Gasteiger partial charge is 0.263 e. The van der Waals surface area contributed by atoms with Crippen LogP contribution < -0.4 is 14.8 Å². The summed E-state index contributed by atoms with van der Waals surface area (Å²) < 4.78 is 11.2. The fourth-order valence-electron chi connectivity index (χ4n) is 3.76. The highest BCUT2D eigenvalue weighted by Crippen LogP contribution is 2.29. The minimum absolute atomic E-state index is 0.0326. The molecule has 1 aliphatic rings. The number of methoxy groups -OCH3 is 1. The minimum Gasteiger partial charge on any atom is -0.493 e. The third kappa shape index (κ3) is 5.01. The number of carbonyl (C=O) groups excluding carboxylic acids is 3. The molecule has 170 valence electrons. The van der Waals surface area contributed by atoms with Crippen LogP contribution in [-0.4, -0.2) is 73.5 Å². The summed E-state index contributed by atoms with van der Waals surface area (Å²) in [6, 6.07) is 13.8. The fraction of sp³-hybridized carbons (Fsp3) is 0.375. The van der Waals surface area contributed by atoms with Gasteiger partial charge in [0.2, 0.25) is 0 Å². The molecule has 0 saturated carbocycles. The van der Waals surface area contributed by atoms with Crippen molar-refractivity contribution in [2.75, 3.05) is 33.8 Å². The summed E-state index contributed by atoms with van der Waals surface area (Å²) in [4.78, 5) is 41.1. The van der Waals surface area contributed by atoms with Crippen molar-refractivity contribution in [3.63, 3.8) is 0 Å². The van der Waals surface area contributed by atoms with Crippen LogP contribution in [0.2, 0.25) is 0 Å². The number of benzene rings is 2. The highest BCUT2D eigenvalue weighted by atomic mass is 16.5. The molecule has 0 bridgehead atoms. The molecule has 0 radical (unpaired) electrons. The lowest BCUT2D eigenvalue weighted by Crippen LogP contribution is -2.57. The molecule has 2 aromatic carbocycles. The van der Waals surface area contributed by atoms with Crippen molar-refractivity contribution < 1.29 is 23.9 Å². The van der Waals surface area contributed by atoms with Crippen molar-refractivity contribution in [1.29, 1.82) is 0 Å². The van der Waals surface area contributed by atoms with E-state index in [9.17, 15) is 14.4 Å². The van der Waals surface area contributed by atoms with Gasteiger partial charge in [-0.3, -0.25) is 14.4 Å². The Morgan fingerprint density at radius 1 is 1.03 bits per heavy atom. The van der Waals surface area contributed by atoms with E-state index in [1.807, 2.05) is 25.1 Å². The molecular weight excluding hydrogens is 410 g/mol. The van der Waals surface area contributed by atoms with Crippen LogP contribution >= 0.6 is 0 Å². The van der Waals surface area contributed by atoms with Gasteiger partial charge in [-0.05, 0) is 44.2 Å². The summed E-state index contributed by atoms with van der Waals surface area (Å²) in [5, 5.41) is 2.56. The van der Waals surface area contributed by atoms with Gasteiger partial charge in [0, 0.05) is 43.9 Å². The summed E-state index contributed by atoms with van der Waals surface area (Å²) >= 11 is 0. The summed E-state index contributed by atoms with van der Waals surface area (Å²) in [7, 11) is 3.03. The van der Waals surface area contributed by atoms with Gasteiger partial charge in [-0.25, -0.2) is 0 Å². The molecule has 0 aliphatic carbocycles. The first-order chi connectivity index (χ1) is 15.3. The Morgan fingerprint density at radius 2 is 1.75 bits per heavy atom. The predicted octanol–water partition coefficient (Wildman–Crippen LogP) is 2.20. The van der Waals surface area contributed by atoms with Crippen molar-refractivity contribution in [2.24, 2.45) is 0 Å². The molecule has 8 heteroatoms. The Morgan fingerprint density at radius 3 is 2.38 bits per heavy atom. The fourth-order valence-corrected chi connectivity index (χ4v) is 3.76. The molecule has 0 spiro atoms. The molecule has 8 nitrogen and oxygen atoms in total. The summed E-state index contributed by atoms with van der Waals surface area (Å²) in [5.41, 5.74) is 1.08. The first-order valence-electron chi connectivity index (χ1n) is 10.6. The monoisotopic (exact) mass is 439 g/mol. The number of nitrogens with zero attached hydrogens (tertiary/aromatic N) is 2. The number of rotatable bonds is 6. The van der Waals surface area contributed by atoms with Gasteiger partial charge in [0.05, 0.1) is 7.11 Å². The van der Waals surface area contributed by atoms with Gasteiger partial charge in [0.1, 0.15) is 0 Å². The molecule has 3 rings (SSSR count). The zero-order valence-corrected chi connectivity index (χ0v) is 18.8. The van der Waals surface area contributed by atoms with Crippen LogP contribution in [0.5, 0.6) is 11.5 Å². The van der Waals surface area contributed by atoms with Crippen LogP contribution in [0.3, 0.4) is 0 Å². The van der Waals surface area contributed by atoms with E-state index in [0.717, 1.165) is 0 Å². The average molecular weight is 440 g/mol. The summed E-state index contributed by atoms with van der Waals surface area (Å²) in [6.45, 7) is 4.95. The lowest BCUT2D eigenvalue weighted by Gasteiger charge is -2.40. The summed E-state index contributed by atoms with van der Waals surface area (Å²) in [5.74, 6) is 0.316. The second kappa shape index (κ2) is 10.2. The lowest BCUT2D eigenvalue weighted by molar-refractivity contribution is -0.142. The van der Waals surface area contributed by atoms with Crippen molar-refractivity contribution in [2.45, 2.75) is 26.0 Å². The molecule has 1 saturated heterocycles. The van der Waals surface area contributed by atoms with E-state index < -0.39 is 6.10 Å². The number of hydrogen-bond acceptors (Lipinski definition) is 5. The Balaban J connectivity index is 1.64. The van der Waals surface area contributed by atoms with Crippen LogP contribution in [0.1, 0.15) is 34.6 Å². The normalized spacial score (nSPS) is 16.8. The number of hydrogen-bond donors (Lipinski definition) is 1. The van der Waals surface area contributed by atoms with Crippen LogP contribution in [0.4, 0.5) is 0 Å². The quantitative estimate of drug-likeness (QED) is 0.746. The van der Waals surface area contributed by atoms with Gasteiger partial charge in [-0.2, -0.15) is 0 Å². The minimum atomic E-state index is -0.756. The number of nitrogens with one attached hydrogen (secondary N) is 1. The van der Waals surface area contributed by atoms with Gasteiger partial charge in [0.15, 0.2) is 17.6 Å². The highest BCUT2D eigenvalue weighted by Gasteiger charge is 2.33. The van der Waals surface area contributed by atoms with Gasteiger partial charge < -0.3 is 24.6 Å². The van der Waals surface area contributed by atoms with E-state index in [-0.39, 0.29) is 23.8 Å². The van der Waals surface area contributed by atoms with Crippen molar-refractivity contribution in [1.82, 2.24) is 15.1 Å². The first kappa shape index (κ1) is 23.1. The Labute approximate surface area is 188 Å². The van der Waals surface area contributed by atoms with Crippen LogP contribution in [0, 0.1) is 0 Å². The molecule has 0 unspecified atom stereocenters. The van der Waals surface area contributed by atoms with E-state index >= 15 is 0 Å². The molecular formula is C24H29N3O5. The molecule has 1 heterocycles. The highest BCUT2D eigenvalue weighted by molar-refractivity contribution is 5.95. The zero-order chi connectivity index (χ0) is 23.3. The first-order valence-corrected chi connectivity index (χ1v) is 10.6. The van der Waals surface area contributed by atoms with Crippen molar-refractivity contribution in [3.05, 3.63) is 59.7 Å². The predicted molar refractivity (Wildman–Crippen MR) is 120 cm³/mol. The van der Waals surface area contributed by atoms with E-state index in [1.54, 1.807) is 54.1 Å². The topological polar surface area (TPSA) is 88.2 Å². The van der Waals surface area contributed by atoms with Gasteiger partial charge in [-0.15, -0.1) is 0 Å². The number of carbonyl (C=O) groups is 3. The molecule has 32 heavy (non-hydrogen) atoms. The third-order valence-corrected chi connectivity index (χ3v) is 5.52. The molecule has 2 atom stereocenters. The van der Waals surface area contributed by atoms with Gasteiger partial charge in [-0.1, -0.05) is 18.2 Å². The maximum Gasteiger partial charge on any atom is 0.263 e. The Bertz CT molecular complexity index is 979. The van der Waals surface area contributed by atoms with E-state index in [1.165, 1.54) is 7.11 Å². The second-order valence-electron chi connectivity index (χ2n) is 7.70. The molecule has 3 amide bonds. The Hall–Kier alpha value is -3.55. The molecule has 1 aliphatic heterocycles. The van der Waals surface area contributed by atoms with Crippen LogP contribution in [-0.2, 0) is 4.79 Å². The summed E-state index contributed by atoms with van der Waals surface area (Å²) in [6.07, 6.45) is -0.756. The maximum atomic E-state index is 13.1. The number of amides is 3. The van der Waals surface area contributed by atoms with E-state index in [0.29, 0.717) is 42.3 Å². The maximum absolute atomic E-state index is 13.1. The number of ether oxygens (including phenoxy) is 2. The molecule has 1 fully saturated rings. The van der Waals surface area contributed by atoms with Crippen LogP contribution in [0.15, 0.2) is 48.5 Å². The SMILES string of the molecule is CNC(=O)c1ccc(O[C@H](C)C(=O)N2CCN(C(=O)c3ccccc3)C[C@H]2C)c(OC)c1. The van der Waals surface area contributed by atoms with E-state index in [2.05, 4.69) is 5.32 Å².